The second-order valence-corrected chi connectivity index (χ2v) is 7.37. The quantitative estimate of drug-likeness (QED) is 0.842. The summed E-state index contributed by atoms with van der Waals surface area (Å²) in [6, 6.07) is 10.2. The van der Waals surface area contributed by atoms with Gasteiger partial charge in [0.05, 0.1) is 19.2 Å². The summed E-state index contributed by atoms with van der Waals surface area (Å²) in [6.07, 6.45) is 0. The maximum absolute atomic E-state index is 12.8. The van der Waals surface area contributed by atoms with Gasteiger partial charge in [-0.1, -0.05) is 37.3 Å². The highest BCUT2D eigenvalue weighted by molar-refractivity contribution is 8.00. The first-order valence-corrected chi connectivity index (χ1v) is 9.03. The van der Waals surface area contributed by atoms with Gasteiger partial charge in [-0.2, -0.15) is 11.8 Å². The van der Waals surface area contributed by atoms with Crippen LogP contribution in [0.25, 0.3) is 0 Å². The van der Waals surface area contributed by atoms with Crippen molar-refractivity contribution in [1.29, 1.82) is 0 Å². The van der Waals surface area contributed by atoms with Crippen LogP contribution < -0.4 is 0 Å². The predicted molar refractivity (Wildman–Crippen MR) is 90.2 cm³/mol. The lowest BCUT2D eigenvalue weighted by molar-refractivity contribution is -0.149. The fourth-order valence-corrected chi connectivity index (χ4v) is 4.33. The lowest BCUT2D eigenvalue weighted by Crippen LogP contribution is -2.51. The largest absolute Gasteiger partial charge is 0.370 e. The van der Waals surface area contributed by atoms with Gasteiger partial charge in [-0.3, -0.25) is 9.59 Å². The number of amides is 2. The van der Waals surface area contributed by atoms with Gasteiger partial charge in [-0.15, -0.1) is 0 Å². The average molecular weight is 334 g/mol. The molecule has 0 N–H and O–H groups in total. The van der Waals surface area contributed by atoms with E-state index in [1.807, 2.05) is 34.9 Å². The summed E-state index contributed by atoms with van der Waals surface area (Å²) < 4.78 is 5.13. The van der Waals surface area contributed by atoms with Crippen molar-refractivity contribution in [1.82, 2.24) is 9.80 Å². The highest BCUT2D eigenvalue weighted by Crippen LogP contribution is 2.36. The number of morpholine rings is 1. The summed E-state index contributed by atoms with van der Waals surface area (Å²) in [5, 5.41) is 0.343. The van der Waals surface area contributed by atoms with Crippen LogP contribution in [0.4, 0.5) is 0 Å². The van der Waals surface area contributed by atoms with Gasteiger partial charge >= 0.3 is 0 Å². The molecular weight excluding hydrogens is 312 g/mol. The van der Waals surface area contributed by atoms with Crippen molar-refractivity contribution in [3.63, 3.8) is 0 Å². The Morgan fingerprint density at radius 2 is 2.09 bits per heavy atom. The number of benzene rings is 1. The number of hydrogen-bond acceptors (Lipinski definition) is 4. The minimum absolute atomic E-state index is 0.0289. The fraction of sp³-hybridized carbons (Fsp3) is 0.529. The molecule has 0 unspecified atom stereocenters. The van der Waals surface area contributed by atoms with Crippen LogP contribution in [0.3, 0.4) is 0 Å². The van der Waals surface area contributed by atoms with Gasteiger partial charge in [0.25, 0.3) is 0 Å². The summed E-state index contributed by atoms with van der Waals surface area (Å²) in [6.45, 7) is 4.14. The number of thioether (sulfide) groups is 1. The van der Waals surface area contributed by atoms with Crippen LogP contribution in [0, 0.1) is 0 Å². The Kier molecular flexibility index (Phi) is 5.23. The second-order valence-electron chi connectivity index (χ2n) is 5.89. The highest BCUT2D eigenvalue weighted by atomic mass is 32.2. The van der Waals surface area contributed by atoms with Crippen molar-refractivity contribution in [2.75, 3.05) is 38.6 Å². The Hall–Kier alpha value is -1.53. The van der Waals surface area contributed by atoms with Crippen molar-refractivity contribution in [2.24, 2.45) is 0 Å². The zero-order valence-corrected chi connectivity index (χ0v) is 14.1. The van der Waals surface area contributed by atoms with E-state index in [0.717, 1.165) is 17.9 Å². The van der Waals surface area contributed by atoms with Crippen LogP contribution in [0.2, 0.25) is 0 Å². The molecular formula is C17H22N2O3S. The van der Waals surface area contributed by atoms with Crippen molar-refractivity contribution in [3.8, 4) is 0 Å². The van der Waals surface area contributed by atoms with E-state index in [0.29, 0.717) is 18.4 Å². The molecule has 2 aliphatic rings. The number of ether oxygens (including phenoxy) is 1. The first-order chi connectivity index (χ1) is 11.2. The van der Waals surface area contributed by atoms with Gasteiger partial charge in [0, 0.05) is 24.1 Å². The molecule has 0 aliphatic carbocycles. The number of nitrogens with zero attached hydrogens (tertiary/aromatic N) is 2. The molecule has 0 aromatic heterocycles. The van der Waals surface area contributed by atoms with Gasteiger partial charge in [-0.05, 0) is 5.56 Å². The molecule has 6 heteroatoms. The van der Waals surface area contributed by atoms with E-state index in [9.17, 15) is 9.59 Å². The molecule has 2 fully saturated rings. The summed E-state index contributed by atoms with van der Waals surface area (Å²) >= 11 is 1.89. The molecule has 2 atom stereocenters. The smallest absolute Gasteiger partial charge is 0.249 e. The molecule has 5 nitrogen and oxygen atoms in total. The van der Waals surface area contributed by atoms with Crippen molar-refractivity contribution >= 4 is 23.6 Å². The van der Waals surface area contributed by atoms with Crippen LogP contribution in [0.5, 0.6) is 0 Å². The first kappa shape index (κ1) is 16.3. The molecule has 0 saturated carbocycles. The molecule has 0 spiro atoms. The third-order valence-corrected chi connectivity index (χ3v) is 5.57. The topological polar surface area (TPSA) is 49.9 Å². The van der Waals surface area contributed by atoms with E-state index in [2.05, 4.69) is 19.1 Å². The SMILES string of the molecule is C[C@@H]1SCCN(C(=O)CN2CCOCC2=O)[C@H]1c1ccccc1. The molecule has 23 heavy (non-hydrogen) atoms. The predicted octanol–water partition coefficient (Wildman–Crippen LogP) is 1.55. The van der Waals surface area contributed by atoms with Gasteiger partial charge < -0.3 is 14.5 Å². The van der Waals surface area contributed by atoms with E-state index >= 15 is 0 Å². The molecule has 0 bridgehead atoms. The molecule has 0 radical (unpaired) electrons. The van der Waals surface area contributed by atoms with Gasteiger partial charge in [-0.25, -0.2) is 0 Å². The Bertz CT molecular complexity index is 566. The van der Waals surface area contributed by atoms with E-state index in [-0.39, 0.29) is 31.0 Å². The summed E-state index contributed by atoms with van der Waals surface area (Å²) in [7, 11) is 0. The average Bonchev–Trinajstić information content (AvgIpc) is 2.57. The lowest BCUT2D eigenvalue weighted by Gasteiger charge is -2.41. The minimum atomic E-state index is -0.0969. The second kappa shape index (κ2) is 7.36. The number of carbonyl (C=O) groups is 2. The van der Waals surface area contributed by atoms with E-state index in [1.54, 1.807) is 4.90 Å². The molecule has 2 heterocycles. The van der Waals surface area contributed by atoms with Gasteiger partial charge in [0.1, 0.15) is 6.61 Å². The van der Waals surface area contributed by atoms with Crippen molar-refractivity contribution in [2.45, 2.75) is 18.2 Å². The molecule has 1 aromatic carbocycles. The fourth-order valence-electron chi connectivity index (χ4n) is 3.17. The molecule has 124 valence electrons. The zero-order chi connectivity index (χ0) is 16.2. The standard InChI is InChI=1S/C17H22N2O3S/c1-13-17(14-5-3-2-4-6-14)19(8-10-23-13)15(20)11-18-7-9-22-12-16(18)21/h2-6,13,17H,7-12H2,1H3/t13-,17+/m0/s1. The van der Waals surface area contributed by atoms with Crippen molar-refractivity contribution < 1.29 is 14.3 Å². The monoisotopic (exact) mass is 334 g/mol. The van der Waals surface area contributed by atoms with Crippen LogP contribution in [0.1, 0.15) is 18.5 Å². The van der Waals surface area contributed by atoms with E-state index in [1.165, 1.54) is 0 Å². The van der Waals surface area contributed by atoms with Gasteiger partial charge in [0.2, 0.25) is 11.8 Å². The van der Waals surface area contributed by atoms with Crippen LogP contribution >= 0.6 is 11.8 Å². The molecule has 1 aromatic rings. The van der Waals surface area contributed by atoms with E-state index < -0.39 is 0 Å². The van der Waals surface area contributed by atoms with Crippen LogP contribution in [-0.4, -0.2) is 65.5 Å². The summed E-state index contributed by atoms with van der Waals surface area (Å²) in [5.41, 5.74) is 1.16. The van der Waals surface area contributed by atoms with Gasteiger partial charge in [0.15, 0.2) is 0 Å². The Balaban J connectivity index is 1.75. The molecule has 3 rings (SSSR count). The van der Waals surface area contributed by atoms with Crippen molar-refractivity contribution in [3.05, 3.63) is 35.9 Å². The highest BCUT2D eigenvalue weighted by Gasteiger charge is 2.34. The lowest BCUT2D eigenvalue weighted by atomic mass is 10.0. The normalized spacial score (nSPS) is 25.5. The Morgan fingerprint density at radius 3 is 2.83 bits per heavy atom. The molecule has 2 saturated heterocycles. The maximum Gasteiger partial charge on any atom is 0.249 e. The third kappa shape index (κ3) is 3.70. The van der Waals surface area contributed by atoms with Crippen LogP contribution in [0.15, 0.2) is 30.3 Å². The number of carbonyl (C=O) groups excluding carboxylic acids is 2. The minimum Gasteiger partial charge on any atom is -0.370 e. The third-order valence-electron chi connectivity index (χ3n) is 4.36. The van der Waals surface area contributed by atoms with Crippen LogP contribution in [-0.2, 0) is 14.3 Å². The zero-order valence-electron chi connectivity index (χ0n) is 13.3. The Labute approximate surface area is 141 Å². The van der Waals surface area contributed by atoms with E-state index in [4.69, 9.17) is 4.74 Å². The Morgan fingerprint density at radius 1 is 1.30 bits per heavy atom. The summed E-state index contributed by atoms with van der Waals surface area (Å²) in [4.78, 5) is 28.2. The molecule has 2 aliphatic heterocycles. The summed E-state index contributed by atoms with van der Waals surface area (Å²) in [5.74, 6) is 0.870. The number of hydrogen-bond donors (Lipinski definition) is 0. The number of rotatable bonds is 3. The maximum atomic E-state index is 12.8. The molecule has 2 amide bonds. The first-order valence-electron chi connectivity index (χ1n) is 7.98.